The van der Waals surface area contributed by atoms with Crippen LogP contribution < -0.4 is 21.7 Å². The van der Waals surface area contributed by atoms with Crippen LogP contribution in [0.25, 0.3) is 0 Å². The smallest absolute Gasteiger partial charge is 0.331 e. The molecule has 0 unspecified atom stereocenters. The van der Waals surface area contributed by atoms with Crippen molar-refractivity contribution in [2.24, 2.45) is 12.8 Å². The van der Waals surface area contributed by atoms with Gasteiger partial charge in [-0.1, -0.05) is 18.3 Å². The molecule has 0 spiro atoms. The molecule has 1 heterocycles. The maximum absolute atomic E-state index is 12.0. The van der Waals surface area contributed by atoms with E-state index in [0.717, 1.165) is 10.1 Å². The van der Waals surface area contributed by atoms with Gasteiger partial charge < -0.3 is 15.0 Å². The highest BCUT2D eigenvalue weighted by atomic mass is 32.1. The number of aromatic nitrogens is 2. The highest BCUT2D eigenvalue weighted by Gasteiger charge is 2.09. The number of thiocarbonyl (C=S) groups is 1. The molecule has 1 aromatic heterocycles. The van der Waals surface area contributed by atoms with Crippen molar-refractivity contribution in [1.29, 1.82) is 0 Å². The molecule has 0 amide bonds. The average molecular weight is 305 g/mol. The van der Waals surface area contributed by atoms with Crippen molar-refractivity contribution in [3.63, 3.8) is 0 Å². The lowest BCUT2D eigenvalue weighted by Crippen LogP contribution is -2.38. The summed E-state index contributed by atoms with van der Waals surface area (Å²) in [5.41, 5.74) is 6.23. The number of nitrogens with zero attached hydrogens (tertiary/aromatic N) is 2. The minimum absolute atomic E-state index is 0.145. The van der Waals surface area contributed by atoms with Crippen LogP contribution in [0.4, 0.5) is 0 Å². The van der Waals surface area contributed by atoms with E-state index in [0.29, 0.717) is 11.3 Å². The Balaban J connectivity index is 2.49. The molecular formula is C14H15N3O3S. The summed E-state index contributed by atoms with van der Waals surface area (Å²) in [6, 6.07) is 6.54. The van der Waals surface area contributed by atoms with Gasteiger partial charge in [0.25, 0.3) is 5.56 Å². The molecule has 21 heavy (non-hydrogen) atoms. The molecule has 110 valence electrons. The molecule has 2 aromatic rings. The fourth-order valence-electron chi connectivity index (χ4n) is 1.99. The monoisotopic (exact) mass is 305 g/mol. The summed E-state index contributed by atoms with van der Waals surface area (Å²) in [6.45, 7) is 0.145. The first-order chi connectivity index (χ1) is 9.93. The first-order valence-corrected chi connectivity index (χ1v) is 6.58. The van der Waals surface area contributed by atoms with Crippen LogP contribution in [0, 0.1) is 0 Å². The zero-order chi connectivity index (χ0) is 15.6. The molecule has 0 radical (unpaired) electrons. The summed E-state index contributed by atoms with van der Waals surface area (Å²) in [5, 5.41) is 0. The summed E-state index contributed by atoms with van der Waals surface area (Å²) in [7, 11) is 3.11. The van der Waals surface area contributed by atoms with Gasteiger partial charge in [-0.25, -0.2) is 4.79 Å². The molecule has 7 heteroatoms. The Morgan fingerprint density at radius 1 is 1.33 bits per heavy atom. The molecule has 0 saturated carbocycles. The summed E-state index contributed by atoms with van der Waals surface area (Å²) < 4.78 is 7.67. The van der Waals surface area contributed by atoms with Gasteiger partial charge in [-0.05, 0) is 17.7 Å². The lowest BCUT2D eigenvalue weighted by atomic mass is 10.1. The molecule has 6 nitrogen and oxygen atoms in total. The first-order valence-electron chi connectivity index (χ1n) is 6.17. The van der Waals surface area contributed by atoms with Gasteiger partial charge in [0, 0.05) is 19.3 Å². The quantitative estimate of drug-likeness (QED) is 0.819. The second kappa shape index (κ2) is 5.92. The van der Waals surface area contributed by atoms with Crippen molar-refractivity contribution in [3.05, 3.63) is 62.4 Å². The van der Waals surface area contributed by atoms with Crippen LogP contribution in [-0.2, 0) is 13.6 Å². The Morgan fingerprint density at radius 2 is 2.05 bits per heavy atom. The van der Waals surface area contributed by atoms with Gasteiger partial charge in [0.15, 0.2) is 0 Å². The largest absolute Gasteiger partial charge is 0.496 e. The number of methoxy groups -OCH3 is 1. The van der Waals surface area contributed by atoms with E-state index in [-0.39, 0.29) is 22.8 Å². The van der Waals surface area contributed by atoms with Crippen LogP contribution in [0.3, 0.4) is 0 Å². The molecule has 1 aromatic carbocycles. The molecule has 0 saturated heterocycles. The Hall–Kier alpha value is -2.41. The number of hydrogen-bond donors (Lipinski definition) is 1. The van der Waals surface area contributed by atoms with Crippen LogP contribution >= 0.6 is 12.2 Å². The Morgan fingerprint density at radius 3 is 2.67 bits per heavy atom. The third kappa shape index (κ3) is 3.03. The lowest BCUT2D eigenvalue weighted by Gasteiger charge is -2.11. The van der Waals surface area contributed by atoms with Gasteiger partial charge in [0.05, 0.1) is 19.2 Å². The minimum atomic E-state index is -0.379. The molecule has 0 bridgehead atoms. The minimum Gasteiger partial charge on any atom is -0.496 e. The number of aryl methyl sites for hydroxylation is 1. The zero-order valence-electron chi connectivity index (χ0n) is 11.7. The molecule has 2 rings (SSSR count). The van der Waals surface area contributed by atoms with E-state index in [1.165, 1.54) is 23.9 Å². The fraction of sp³-hybridized carbons (Fsp3) is 0.214. The highest BCUT2D eigenvalue weighted by Crippen LogP contribution is 2.19. The Kier molecular flexibility index (Phi) is 4.23. The molecule has 0 aliphatic rings. The number of ether oxygens (including phenoxy) is 1. The van der Waals surface area contributed by atoms with E-state index in [1.54, 1.807) is 25.2 Å². The first kappa shape index (κ1) is 15.0. The third-order valence-electron chi connectivity index (χ3n) is 3.11. The Bertz CT molecular complexity index is 808. The van der Waals surface area contributed by atoms with Crippen LogP contribution in [0.15, 0.2) is 40.1 Å². The summed E-state index contributed by atoms with van der Waals surface area (Å²) >= 11 is 4.98. The maximum Gasteiger partial charge on any atom is 0.331 e. The Labute approximate surface area is 126 Å². The van der Waals surface area contributed by atoms with Gasteiger partial charge >= 0.3 is 5.69 Å². The average Bonchev–Trinajstić information content (AvgIpc) is 2.47. The van der Waals surface area contributed by atoms with Crippen molar-refractivity contribution < 1.29 is 4.74 Å². The van der Waals surface area contributed by atoms with Crippen molar-refractivity contribution >= 4 is 17.2 Å². The van der Waals surface area contributed by atoms with Gasteiger partial charge in [0.2, 0.25) is 0 Å². The van der Waals surface area contributed by atoms with E-state index in [1.807, 2.05) is 0 Å². The van der Waals surface area contributed by atoms with Crippen LogP contribution in [0.5, 0.6) is 5.75 Å². The van der Waals surface area contributed by atoms with Crippen molar-refractivity contribution in [2.75, 3.05) is 7.11 Å². The number of nitrogens with two attached hydrogens (primary N) is 1. The second-order valence-corrected chi connectivity index (χ2v) is 4.97. The predicted molar refractivity (Wildman–Crippen MR) is 83.9 cm³/mol. The number of benzene rings is 1. The van der Waals surface area contributed by atoms with Gasteiger partial charge in [-0.3, -0.25) is 9.36 Å². The number of rotatable bonds is 4. The second-order valence-electron chi connectivity index (χ2n) is 4.53. The molecule has 0 aliphatic carbocycles. The van der Waals surface area contributed by atoms with Crippen molar-refractivity contribution in [2.45, 2.75) is 6.54 Å². The molecular weight excluding hydrogens is 290 g/mol. The lowest BCUT2D eigenvalue weighted by molar-refractivity contribution is 0.414. The standard InChI is InChI=1S/C14H15N3O3S/c1-16-6-5-12(18)17(14(16)19)8-9-3-4-11(20-2)10(7-9)13(15)21/h3-7H,8H2,1-2H3,(H2,15,21). The van der Waals surface area contributed by atoms with Gasteiger partial charge in [-0.15, -0.1) is 0 Å². The van der Waals surface area contributed by atoms with E-state index in [2.05, 4.69) is 0 Å². The molecule has 0 fully saturated rings. The topological polar surface area (TPSA) is 79.2 Å². The zero-order valence-corrected chi connectivity index (χ0v) is 12.5. The van der Waals surface area contributed by atoms with Crippen molar-refractivity contribution in [1.82, 2.24) is 9.13 Å². The van der Waals surface area contributed by atoms with Crippen molar-refractivity contribution in [3.8, 4) is 5.75 Å². The fourth-order valence-corrected chi connectivity index (χ4v) is 2.15. The van der Waals surface area contributed by atoms with Crippen LogP contribution in [0.1, 0.15) is 11.1 Å². The maximum atomic E-state index is 12.0. The van der Waals surface area contributed by atoms with E-state index >= 15 is 0 Å². The van der Waals surface area contributed by atoms with E-state index in [4.69, 9.17) is 22.7 Å². The molecule has 0 atom stereocenters. The van der Waals surface area contributed by atoms with Crippen LogP contribution in [-0.4, -0.2) is 21.2 Å². The highest BCUT2D eigenvalue weighted by molar-refractivity contribution is 7.80. The normalized spacial score (nSPS) is 10.4. The summed E-state index contributed by atoms with van der Waals surface area (Å²) in [4.78, 5) is 24.0. The third-order valence-corrected chi connectivity index (χ3v) is 3.33. The van der Waals surface area contributed by atoms with E-state index in [9.17, 15) is 9.59 Å². The van der Waals surface area contributed by atoms with Crippen LogP contribution in [0.2, 0.25) is 0 Å². The predicted octanol–water partition coefficient (Wildman–Crippen LogP) is 0.238. The van der Waals surface area contributed by atoms with Gasteiger partial charge in [0.1, 0.15) is 10.7 Å². The SMILES string of the molecule is COc1ccc(Cn2c(=O)ccn(C)c2=O)cc1C(N)=S. The van der Waals surface area contributed by atoms with E-state index < -0.39 is 0 Å². The summed E-state index contributed by atoms with van der Waals surface area (Å²) in [5.74, 6) is 0.555. The van der Waals surface area contributed by atoms with Gasteiger partial charge in [-0.2, -0.15) is 0 Å². The molecule has 2 N–H and O–H groups in total. The summed E-state index contributed by atoms with van der Waals surface area (Å²) in [6.07, 6.45) is 1.44. The number of hydrogen-bond acceptors (Lipinski definition) is 4. The molecule has 0 aliphatic heterocycles.